The fraction of sp³-hybridized carbons (Fsp3) is 0. The van der Waals surface area contributed by atoms with Crippen molar-refractivity contribution >= 4 is 55.4 Å². The number of hydrogen-bond donors (Lipinski definition) is 0. The zero-order chi connectivity index (χ0) is 29.5. The van der Waals surface area contributed by atoms with Gasteiger partial charge in [-0.25, -0.2) is 0 Å². The Hall–Kier alpha value is -5.80. The Morgan fingerprint density at radius 2 is 0.933 bits per heavy atom. The van der Waals surface area contributed by atoms with Gasteiger partial charge in [0.2, 0.25) is 0 Å². The van der Waals surface area contributed by atoms with Gasteiger partial charge in [0.05, 0.1) is 0 Å². The van der Waals surface area contributed by atoms with Crippen molar-refractivity contribution in [1.29, 1.82) is 0 Å². The quantitative estimate of drug-likeness (QED) is 0.117. The zero-order valence-corrected chi connectivity index (χ0v) is 24.3. The van der Waals surface area contributed by atoms with Crippen LogP contribution < -0.4 is 25.9 Å². The Labute approximate surface area is 261 Å². The van der Waals surface area contributed by atoms with Crippen LogP contribution in [0.5, 0.6) is 23.0 Å². The smallest absolute Gasteiger partial charge is 0.260 e. The molecule has 2 aliphatic heterocycles. The second-order valence-corrected chi connectivity index (χ2v) is 12.1. The number of benzene rings is 8. The van der Waals surface area contributed by atoms with Gasteiger partial charge in [-0.3, -0.25) is 0 Å². The maximum atomic E-state index is 6.48. The average molecular weight is 572 g/mol. The largest absolute Gasteiger partial charge is 0.458 e. The topological polar surface area (TPSA) is 18.5 Å². The maximum Gasteiger partial charge on any atom is 0.260 e. The van der Waals surface area contributed by atoms with Crippen LogP contribution in [0.25, 0.3) is 54.6 Å². The number of para-hydroxylation sites is 1. The van der Waals surface area contributed by atoms with Crippen LogP contribution in [0.3, 0.4) is 0 Å². The van der Waals surface area contributed by atoms with Gasteiger partial charge in [-0.2, -0.15) is 0 Å². The molecule has 0 bridgehead atoms. The summed E-state index contributed by atoms with van der Waals surface area (Å²) in [5.74, 6) is 3.53. The van der Waals surface area contributed by atoms with Gasteiger partial charge in [-0.1, -0.05) is 109 Å². The molecule has 0 saturated heterocycles. The molecule has 0 amide bonds. The molecule has 2 heterocycles. The molecule has 8 aromatic rings. The lowest BCUT2D eigenvalue weighted by atomic mass is 9.35. The van der Waals surface area contributed by atoms with E-state index >= 15 is 0 Å². The molecular formula is C42H25BO2. The number of fused-ring (bicyclic) bond motifs is 8. The van der Waals surface area contributed by atoms with Crippen LogP contribution in [0, 0.1) is 0 Å². The summed E-state index contributed by atoms with van der Waals surface area (Å²) in [7, 11) is 0. The normalized spacial score (nSPS) is 12.8. The molecule has 2 aliphatic rings. The average Bonchev–Trinajstić information content (AvgIpc) is 3.10. The van der Waals surface area contributed by atoms with Crippen LogP contribution in [-0.2, 0) is 0 Å². The molecule has 0 aliphatic carbocycles. The summed E-state index contributed by atoms with van der Waals surface area (Å²) >= 11 is 0. The third-order valence-corrected chi connectivity index (χ3v) is 9.56. The van der Waals surface area contributed by atoms with Gasteiger partial charge in [-0.15, -0.1) is 0 Å². The molecule has 0 unspecified atom stereocenters. The molecule has 0 atom stereocenters. The van der Waals surface area contributed by atoms with Gasteiger partial charge in [0.15, 0.2) is 0 Å². The van der Waals surface area contributed by atoms with Crippen LogP contribution in [0.2, 0.25) is 0 Å². The predicted octanol–water partition coefficient (Wildman–Crippen LogP) is 9.21. The van der Waals surface area contributed by atoms with Crippen molar-refractivity contribution in [3.05, 3.63) is 152 Å². The van der Waals surface area contributed by atoms with Crippen LogP contribution in [0.15, 0.2) is 152 Å². The highest BCUT2D eigenvalue weighted by Crippen LogP contribution is 2.39. The number of rotatable bonds is 2. The van der Waals surface area contributed by atoms with Crippen molar-refractivity contribution in [2.75, 3.05) is 0 Å². The first kappa shape index (κ1) is 24.6. The van der Waals surface area contributed by atoms with Gasteiger partial charge in [0.1, 0.15) is 23.0 Å². The van der Waals surface area contributed by atoms with E-state index in [1.165, 1.54) is 60.0 Å². The first-order chi connectivity index (χ1) is 22.3. The first-order valence-electron chi connectivity index (χ1n) is 15.5. The Bertz CT molecular complexity index is 2500. The monoisotopic (exact) mass is 572 g/mol. The van der Waals surface area contributed by atoms with Crippen molar-refractivity contribution in [2.24, 2.45) is 0 Å². The SMILES string of the molecule is c1ccc2c(c1)Oc1cccc3c1B2c1cc(-c2ccccc2-c2ccc4ccc5cc6ccccc6cc5c4c2)ccc1O3. The molecule has 0 radical (unpaired) electrons. The van der Waals surface area contributed by atoms with Crippen LogP contribution in [-0.4, -0.2) is 6.71 Å². The molecule has 0 aromatic heterocycles. The Morgan fingerprint density at radius 1 is 0.356 bits per heavy atom. The Morgan fingerprint density at radius 3 is 1.76 bits per heavy atom. The van der Waals surface area contributed by atoms with Crippen molar-refractivity contribution in [3.8, 4) is 45.3 Å². The molecule has 10 rings (SSSR count). The van der Waals surface area contributed by atoms with Gasteiger partial charge in [-0.05, 0) is 108 Å². The summed E-state index contributed by atoms with van der Waals surface area (Å²) in [4.78, 5) is 0. The fourth-order valence-corrected chi connectivity index (χ4v) is 7.45. The van der Waals surface area contributed by atoms with E-state index in [4.69, 9.17) is 9.47 Å². The highest BCUT2D eigenvalue weighted by molar-refractivity contribution is 6.98. The second-order valence-electron chi connectivity index (χ2n) is 12.1. The molecular weight excluding hydrogens is 547 g/mol. The van der Waals surface area contributed by atoms with E-state index in [9.17, 15) is 0 Å². The molecule has 8 aromatic carbocycles. The maximum absolute atomic E-state index is 6.48. The van der Waals surface area contributed by atoms with Gasteiger partial charge < -0.3 is 9.47 Å². The number of hydrogen-bond acceptors (Lipinski definition) is 2. The summed E-state index contributed by atoms with van der Waals surface area (Å²) in [6, 6.07) is 54.5. The lowest BCUT2D eigenvalue weighted by Gasteiger charge is -2.33. The van der Waals surface area contributed by atoms with Crippen molar-refractivity contribution in [2.45, 2.75) is 0 Å². The second kappa shape index (κ2) is 9.35. The minimum absolute atomic E-state index is 0.0406. The van der Waals surface area contributed by atoms with Gasteiger partial charge in [0.25, 0.3) is 6.71 Å². The lowest BCUT2D eigenvalue weighted by Crippen LogP contribution is -2.57. The fourth-order valence-electron chi connectivity index (χ4n) is 7.45. The van der Waals surface area contributed by atoms with Crippen LogP contribution >= 0.6 is 0 Å². The van der Waals surface area contributed by atoms with E-state index in [0.717, 1.165) is 33.9 Å². The minimum atomic E-state index is 0.0406. The van der Waals surface area contributed by atoms with E-state index in [2.05, 4.69) is 127 Å². The van der Waals surface area contributed by atoms with E-state index in [1.807, 2.05) is 24.3 Å². The third-order valence-electron chi connectivity index (χ3n) is 9.56. The zero-order valence-electron chi connectivity index (χ0n) is 24.3. The van der Waals surface area contributed by atoms with Crippen LogP contribution in [0.4, 0.5) is 0 Å². The van der Waals surface area contributed by atoms with Crippen molar-refractivity contribution < 1.29 is 9.47 Å². The minimum Gasteiger partial charge on any atom is -0.458 e. The summed E-state index contributed by atoms with van der Waals surface area (Å²) < 4.78 is 12.8. The molecule has 208 valence electrons. The molecule has 0 saturated carbocycles. The van der Waals surface area contributed by atoms with E-state index in [0.29, 0.717) is 0 Å². The van der Waals surface area contributed by atoms with E-state index in [-0.39, 0.29) is 6.71 Å². The summed E-state index contributed by atoms with van der Waals surface area (Å²) in [6.45, 7) is 0.0406. The molecule has 2 nitrogen and oxygen atoms in total. The summed E-state index contributed by atoms with van der Waals surface area (Å²) in [6.07, 6.45) is 0. The predicted molar refractivity (Wildman–Crippen MR) is 188 cm³/mol. The molecule has 0 N–H and O–H groups in total. The van der Waals surface area contributed by atoms with E-state index in [1.54, 1.807) is 0 Å². The van der Waals surface area contributed by atoms with Gasteiger partial charge in [0, 0.05) is 5.46 Å². The Balaban J connectivity index is 1.15. The highest BCUT2D eigenvalue weighted by atomic mass is 16.5. The molecule has 0 spiro atoms. The van der Waals surface area contributed by atoms with Crippen molar-refractivity contribution in [1.82, 2.24) is 0 Å². The Kier molecular flexibility index (Phi) is 5.12. The number of ether oxygens (including phenoxy) is 2. The third kappa shape index (κ3) is 3.71. The molecule has 45 heavy (non-hydrogen) atoms. The van der Waals surface area contributed by atoms with E-state index < -0.39 is 0 Å². The first-order valence-corrected chi connectivity index (χ1v) is 15.5. The summed E-state index contributed by atoms with van der Waals surface area (Å²) in [5.41, 5.74) is 8.21. The summed E-state index contributed by atoms with van der Waals surface area (Å²) in [5, 5.41) is 7.59. The highest BCUT2D eigenvalue weighted by Gasteiger charge is 2.39. The lowest BCUT2D eigenvalue weighted by molar-refractivity contribution is 0.464. The molecule has 3 heteroatoms. The van der Waals surface area contributed by atoms with Gasteiger partial charge >= 0.3 is 0 Å². The van der Waals surface area contributed by atoms with Crippen LogP contribution in [0.1, 0.15) is 0 Å². The molecule has 0 fully saturated rings. The standard InChI is InChI=1S/C42H25BO2/c1-2-9-28-23-35-29(22-27(28)8-1)18-16-26-17-19-30(24-34(26)35)32-10-3-4-11-33(32)31-20-21-39-37(25-31)43-36-12-5-6-13-38(36)44-40-14-7-15-41(45-39)42(40)43/h1-25H. The van der Waals surface area contributed by atoms with Crippen molar-refractivity contribution in [3.63, 3.8) is 0 Å².